The number of hydrogen-bond donors (Lipinski definition) is 3. The fourth-order valence-electron chi connectivity index (χ4n) is 0.883. The highest BCUT2D eigenvalue weighted by molar-refractivity contribution is 7.88. The van der Waals surface area contributed by atoms with Gasteiger partial charge in [-0.1, -0.05) is 0 Å². The molecule has 0 aromatic heterocycles. The van der Waals surface area contributed by atoms with Crippen molar-refractivity contribution in [3.8, 4) is 0 Å². The topological polar surface area (TPSA) is 113 Å². The van der Waals surface area contributed by atoms with Gasteiger partial charge in [0.15, 0.2) is 0 Å². The van der Waals surface area contributed by atoms with Gasteiger partial charge in [0.05, 0.1) is 12.7 Å². The molecule has 7 nitrogen and oxygen atoms in total. The Morgan fingerprint density at radius 3 is 2.31 bits per heavy atom. The molecule has 0 saturated heterocycles. The summed E-state index contributed by atoms with van der Waals surface area (Å²) in [5.41, 5.74) is 0. The monoisotopic (exact) mass is 252 g/mol. The second kappa shape index (κ2) is 7.18. The highest BCUT2D eigenvalue weighted by atomic mass is 32.2. The SMILES string of the molecule is CS(=O)(=O)NCCCNC(=O)CCC(=O)O. The maximum atomic E-state index is 11.0. The Kier molecular flexibility index (Phi) is 6.66. The van der Waals surface area contributed by atoms with Crippen LogP contribution >= 0.6 is 0 Å². The number of carboxylic acid groups (broad SMARTS) is 1. The van der Waals surface area contributed by atoms with Gasteiger partial charge in [-0.3, -0.25) is 9.59 Å². The van der Waals surface area contributed by atoms with E-state index in [9.17, 15) is 18.0 Å². The molecule has 0 saturated carbocycles. The lowest BCUT2D eigenvalue weighted by atomic mass is 10.3. The molecule has 0 rings (SSSR count). The molecule has 0 atom stereocenters. The number of carbonyl (C=O) groups is 2. The van der Waals surface area contributed by atoms with Crippen LogP contribution in [0.2, 0.25) is 0 Å². The maximum Gasteiger partial charge on any atom is 0.303 e. The molecule has 94 valence electrons. The van der Waals surface area contributed by atoms with Crippen molar-refractivity contribution in [2.45, 2.75) is 19.3 Å². The van der Waals surface area contributed by atoms with Gasteiger partial charge >= 0.3 is 5.97 Å². The van der Waals surface area contributed by atoms with Crippen molar-refractivity contribution < 1.29 is 23.1 Å². The zero-order valence-electron chi connectivity index (χ0n) is 9.02. The summed E-state index contributed by atoms with van der Waals surface area (Å²) in [6.45, 7) is 0.568. The third-order valence-corrected chi connectivity index (χ3v) is 2.33. The van der Waals surface area contributed by atoms with Crippen LogP contribution in [-0.4, -0.2) is 44.7 Å². The fraction of sp³-hybridized carbons (Fsp3) is 0.750. The van der Waals surface area contributed by atoms with Crippen LogP contribution in [0.3, 0.4) is 0 Å². The molecule has 0 heterocycles. The molecule has 16 heavy (non-hydrogen) atoms. The van der Waals surface area contributed by atoms with Gasteiger partial charge in [-0.2, -0.15) is 0 Å². The first-order chi connectivity index (χ1) is 7.31. The standard InChI is InChI=1S/C8H16N2O5S/c1-16(14,15)10-6-2-5-9-7(11)3-4-8(12)13/h10H,2-6H2,1H3,(H,9,11)(H,12,13). The van der Waals surface area contributed by atoms with E-state index in [-0.39, 0.29) is 25.3 Å². The van der Waals surface area contributed by atoms with E-state index in [0.29, 0.717) is 13.0 Å². The Bertz CT molecular complexity index is 338. The summed E-state index contributed by atoms with van der Waals surface area (Å²) < 4.78 is 23.6. The van der Waals surface area contributed by atoms with Crippen LogP contribution in [0.1, 0.15) is 19.3 Å². The molecule has 3 N–H and O–H groups in total. The van der Waals surface area contributed by atoms with E-state index in [2.05, 4.69) is 10.0 Å². The molecule has 0 fully saturated rings. The minimum atomic E-state index is -3.19. The Balaban J connectivity index is 3.45. The second-order valence-corrected chi connectivity index (χ2v) is 5.10. The van der Waals surface area contributed by atoms with Gasteiger partial charge in [-0.25, -0.2) is 13.1 Å². The lowest BCUT2D eigenvalue weighted by molar-refractivity contribution is -0.138. The summed E-state index contributed by atoms with van der Waals surface area (Å²) in [6.07, 6.45) is 1.26. The van der Waals surface area contributed by atoms with Gasteiger partial charge in [-0.05, 0) is 6.42 Å². The molecule has 0 aromatic carbocycles. The lowest BCUT2D eigenvalue weighted by Crippen LogP contribution is -2.29. The number of amides is 1. The zero-order valence-corrected chi connectivity index (χ0v) is 9.84. The van der Waals surface area contributed by atoms with Crippen LogP contribution in [-0.2, 0) is 19.6 Å². The third kappa shape index (κ3) is 10.9. The van der Waals surface area contributed by atoms with Gasteiger partial charge in [0.1, 0.15) is 0 Å². The largest absolute Gasteiger partial charge is 0.481 e. The van der Waals surface area contributed by atoms with Gasteiger partial charge in [0, 0.05) is 19.5 Å². The van der Waals surface area contributed by atoms with Crippen molar-refractivity contribution in [3.63, 3.8) is 0 Å². The predicted molar refractivity (Wildman–Crippen MR) is 57.3 cm³/mol. The average molecular weight is 252 g/mol. The normalized spacial score (nSPS) is 11.1. The van der Waals surface area contributed by atoms with Gasteiger partial charge in [0.25, 0.3) is 0 Å². The van der Waals surface area contributed by atoms with E-state index < -0.39 is 16.0 Å². The smallest absolute Gasteiger partial charge is 0.303 e. The highest BCUT2D eigenvalue weighted by Crippen LogP contribution is 1.88. The van der Waals surface area contributed by atoms with Crippen LogP contribution < -0.4 is 10.0 Å². The Labute approximate surface area is 94.3 Å². The molecule has 0 radical (unpaired) electrons. The first-order valence-corrected chi connectivity index (χ1v) is 6.63. The first kappa shape index (κ1) is 14.8. The highest BCUT2D eigenvalue weighted by Gasteiger charge is 2.04. The molecule has 0 aliphatic heterocycles. The summed E-state index contributed by atoms with van der Waals surface area (Å²) in [7, 11) is -3.19. The number of carbonyl (C=O) groups excluding carboxylic acids is 1. The predicted octanol–water partition coefficient (Wildman–Crippen LogP) is -1.09. The molecule has 0 aliphatic rings. The maximum absolute atomic E-state index is 11.0. The Hall–Kier alpha value is -1.15. The van der Waals surface area contributed by atoms with Gasteiger partial charge in [0.2, 0.25) is 15.9 Å². The van der Waals surface area contributed by atoms with E-state index in [0.717, 1.165) is 6.26 Å². The number of nitrogens with one attached hydrogen (secondary N) is 2. The Morgan fingerprint density at radius 2 is 1.81 bits per heavy atom. The molecule has 8 heteroatoms. The lowest BCUT2D eigenvalue weighted by Gasteiger charge is -2.04. The van der Waals surface area contributed by atoms with E-state index in [1.807, 2.05) is 0 Å². The van der Waals surface area contributed by atoms with Crippen molar-refractivity contribution in [3.05, 3.63) is 0 Å². The molecular weight excluding hydrogens is 236 g/mol. The van der Waals surface area contributed by atoms with Crippen LogP contribution in [0.25, 0.3) is 0 Å². The summed E-state index contributed by atoms with van der Waals surface area (Å²) >= 11 is 0. The zero-order chi connectivity index (χ0) is 12.6. The first-order valence-electron chi connectivity index (χ1n) is 4.74. The molecule has 0 aliphatic carbocycles. The average Bonchev–Trinajstić information content (AvgIpc) is 2.12. The second-order valence-electron chi connectivity index (χ2n) is 3.26. The summed E-state index contributed by atoms with van der Waals surface area (Å²) in [5.74, 6) is -1.37. The fourth-order valence-corrected chi connectivity index (χ4v) is 1.40. The van der Waals surface area contributed by atoms with Crippen LogP contribution in [0.15, 0.2) is 0 Å². The van der Waals surface area contributed by atoms with Crippen LogP contribution in [0.4, 0.5) is 0 Å². The number of sulfonamides is 1. The number of hydrogen-bond acceptors (Lipinski definition) is 4. The van der Waals surface area contributed by atoms with Gasteiger partial charge < -0.3 is 10.4 Å². The molecule has 0 unspecified atom stereocenters. The number of rotatable bonds is 8. The van der Waals surface area contributed by atoms with Crippen molar-refractivity contribution in [2.24, 2.45) is 0 Å². The van der Waals surface area contributed by atoms with E-state index in [4.69, 9.17) is 5.11 Å². The summed E-state index contributed by atoms with van der Waals surface area (Å²) in [5, 5.41) is 10.8. The van der Waals surface area contributed by atoms with Crippen molar-refractivity contribution in [1.29, 1.82) is 0 Å². The van der Waals surface area contributed by atoms with E-state index in [1.165, 1.54) is 0 Å². The quantitative estimate of drug-likeness (QED) is 0.475. The molecule has 0 aromatic rings. The van der Waals surface area contributed by atoms with E-state index in [1.54, 1.807) is 0 Å². The van der Waals surface area contributed by atoms with Crippen LogP contribution in [0, 0.1) is 0 Å². The van der Waals surface area contributed by atoms with Crippen molar-refractivity contribution in [1.82, 2.24) is 10.0 Å². The summed E-state index contributed by atoms with van der Waals surface area (Å²) in [6, 6.07) is 0. The summed E-state index contributed by atoms with van der Waals surface area (Å²) in [4.78, 5) is 21.1. The van der Waals surface area contributed by atoms with Crippen LogP contribution in [0.5, 0.6) is 0 Å². The minimum absolute atomic E-state index is 0.0607. The molecule has 0 bridgehead atoms. The Morgan fingerprint density at radius 1 is 1.19 bits per heavy atom. The molecular formula is C8H16N2O5S. The van der Waals surface area contributed by atoms with Gasteiger partial charge in [-0.15, -0.1) is 0 Å². The molecule has 1 amide bonds. The molecule has 0 spiro atoms. The van der Waals surface area contributed by atoms with E-state index >= 15 is 0 Å². The van der Waals surface area contributed by atoms with Crippen molar-refractivity contribution in [2.75, 3.05) is 19.3 Å². The number of aliphatic carboxylic acids is 1. The minimum Gasteiger partial charge on any atom is -0.481 e. The third-order valence-electron chi connectivity index (χ3n) is 1.61. The van der Waals surface area contributed by atoms with Crippen molar-refractivity contribution >= 4 is 21.9 Å². The number of carboxylic acids is 1.